The molecule has 350 valence electrons. The second-order valence-corrected chi connectivity index (χ2v) is 16.2. The molecule has 61 heavy (non-hydrogen) atoms. The molecule has 0 rings (SSSR count). The van der Waals surface area contributed by atoms with Crippen LogP contribution < -0.4 is 0 Å². The highest BCUT2D eigenvalue weighted by atomic mass is 16.5. The Bertz CT molecular complexity index is 1140. The Morgan fingerprint density at radius 1 is 0.361 bits per heavy atom. The van der Waals surface area contributed by atoms with E-state index in [0.29, 0.717) is 19.6 Å². The lowest BCUT2D eigenvalue weighted by Crippen LogP contribution is -2.05. The SMILES string of the molecule is CCCCC/C=C\C/C=C\C/C=C\C/C=C\CCCC(=O)O.CCCCC/C=C\C/C=C\C/C=C\C/C=C\CCCCOC(=O)CCCCCCCCCCCCCCCO. The van der Waals surface area contributed by atoms with Gasteiger partial charge in [-0.15, -0.1) is 0 Å². The molecule has 0 spiro atoms. The highest BCUT2D eigenvalue weighted by molar-refractivity contribution is 5.69. The van der Waals surface area contributed by atoms with Crippen LogP contribution >= 0.6 is 0 Å². The summed E-state index contributed by atoms with van der Waals surface area (Å²) in [5, 5.41) is 17.3. The molecule has 0 saturated carbocycles. The predicted octanol–water partition coefficient (Wildman–Crippen LogP) is 17.3. The van der Waals surface area contributed by atoms with Gasteiger partial charge in [0.25, 0.3) is 0 Å². The lowest BCUT2D eigenvalue weighted by Gasteiger charge is -2.05. The van der Waals surface area contributed by atoms with E-state index in [1.54, 1.807) is 0 Å². The van der Waals surface area contributed by atoms with Crippen molar-refractivity contribution in [1.82, 2.24) is 0 Å². The van der Waals surface area contributed by atoms with Gasteiger partial charge >= 0.3 is 11.9 Å². The van der Waals surface area contributed by atoms with E-state index in [4.69, 9.17) is 14.9 Å². The molecule has 0 atom stereocenters. The van der Waals surface area contributed by atoms with Crippen molar-refractivity contribution in [1.29, 1.82) is 0 Å². The van der Waals surface area contributed by atoms with E-state index in [9.17, 15) is 9.59 Å². The average Bonchev–Trinajstić information content (AvgIpc) is 3.25. The number of carbonyl (C=O) groups is 2. The maximum atomic E-state index is 11.9. The largest absolute Gasteiger partial charge is 0.481 e. The third-order valence-electron chi connectivity index (χ3n) is 10.2. The minimum atomic E-state index is -0.712. The van der Waals surface area contributed by atoms with Crippen LogP contribution in [0, 0.1) is 0 Å². The molecular weight excluding hydrogens is 753 g/mol. The van der Waals surface area contributed by atoms with Gasteiger partial charge in [-0.05, 0) is 109 Å². The van der Waals surface area contributed by atoms with Crippen LogP contribution in [0.2, 0.25) is 0 Å². The minimum Gasteiger partial charge on any atom is -0.481 e. The molecule has 0 aromatic rings. The van der Waals surface area contributed by atoms with Gasteiger partial charge in [0.15, 0.2) is 0 Å². The predicted molar refractivity (Wildman–Crippen MR) is 267 cm³/mol. The summed E-state index contributed by atoms with van der Waals surface area (Å²) in [7, 11) is 0. The summed E-state index contributed by atoms with van der Waals surface area (Å²) in [6, 6.07) is 0. The van der Waals surface area contributed by atoms with Crippen LogP contribution in [-0.4, -0.2) is 35.4 Å². The van der Waals surface area contributed by atoms with Gasteiger partial charge in [0.05, 0.1) is 6.61 Å². The van der Waals surface area contributed by atoms with Crippen molar-refractivity contribution in [3.05, 3.63) is 97.2 Å². The van der Waals surface area contributed by atoms with E-state index >= 15 is 0 Å². The van der Waals surface area contributed by atoms with Gasteiger partial charge in [0.1, 0.15) is 0 Å². The zero-order chi connectivity index (χ0) is 44.6. The number of unbranched alkanes of at least 4 members (excludes halogenated alkanes) is 21. The minimum absolute atomic E-state index is 0.0216. The van der Waals surface area contributed by atoms with E-state index in [0.717, 1.165) is 89.9 Å². The fourth-order valence-electron chi connectivity index (χ4n) is 6.44. The molecule has 0 aromatic heterocycles. The van der Waals surface area contributed by atoms with Crippen molar-refractivity contribution in [2.75, 3.05) is 13.2 Å². The third kappa shape index (κ3) is 61.2. The maximum Gasteiger partial charge on any atom is 0.305 e. The van der Waals surface area contributed by atoms with Crippen LogP contribution in [0.1, 0.15) is 232 Å². The molecule has 5 nitrogen and oxygen atoms in total. The van der Waals surface area contributed by atoms with E-state index in [-0.39, 0.29) is 12.4 Å². The highest BCUT2D eigenvalue weighted by Gasteiger charge is 2.02. The molecular formula is C56H96O5. The molecule has 0 heterocycles. The number of hydrogen-bond donors (Lipinski definition) is 2. The van der Waals surface area contributed by atoms with Crippen molar-refractivity contribution < 1.29 is 24.5 Å². The van der Waals surface area contributed by atoms with E-state index in [1.165, 1.54) is 116 Å². The Kier molecular flexibility index (Phi) is 55.8. The topological polar surface area (TPSA) is 83.8 Å². The Labute approximate surface area is 377 Å². The number of hydrogen-bond acceptors (Lipinski definition) is 4. The monoisotopic (exact) mass is 849 g/mol. The number of aliphatic hydroxyl groups excluding tert-OH is 1. The number of carboxylic acid groups (broad SMARTS) is 1. The molecule has 0 aliphatic carbocycles. The molecule has 0 aliphatic heterocycles. The summed E-state index contributed by atoms with van der Waals surface area (Å²) in [5.74, 6) is -0.734. The molecule has 2 N–H and O–H groups in total. The van der Waals surface area contributed by atoms with Crippen LogP contribution in [0.4, 0.5) is 0 Å². The Balaban J connectivity index is 0. The summed E-state index contributed by atoms with van der Waals surface area (Å²) in [4.78, 5) is 22.2. The van der Waals surface area contributed by atoms with Gasteiger partial charge in [-0.2, -0.15) is 0 Å². The number of ether oxygens (including phenoxy) is 1. The van der Waals surface area contributed by atoms with E-state index in [1.807, 2.05) is 0 Å². The third-order valence-corrected chi connectivity index (χ3v) is 10.2. The van der Waals surface area contributed by atoms with Gasteiger partial charge < -0.3 is 14.9 Å². The second kappa shape index (κ2) is 56.8. The van der Waals surface area contributed by atoms with Gasteiger partial charge in [-0.1, -0.05) is 207 Å². The molecule has 0 bridgehead atoms. The summed E-state index contributed by atoms with van der Waals surface area (Å²) in [6.07, 6.45) is 73.3. The average molecular weight is 849 g/mol. The fraction of sp³-hybridized carbons (Fsp3) is 0.679. The van der Waals surface area contributed by atoms with Crippen LogP contribution in [0.15, 0.2) is 97.2 Å². The summed E-state index contributed by atoms with van der Waals surface area (Å²) < 4.78 is 5.39. The fourth-order valence-corrected chi connectivity index (χ4v) is 6.44. The molecule has 0 amide bonds. The number of aliphatic hydroxyl groups is 1. The quantitative estimate of drug-likeness (QED) is 0.0362. The van der Waals surface area contributed by atoms with Crippen LogP contribution in [0.5, 0.6) is 0 Å². The number of rotatable bonds is 44. The summed E-state index contributed by atoms with van der Waals surface area (Å²) >= 11 is 0. The first-order chi connectivity index (χ1) is 30.1. The Morgan fingerprint density at radius 2 is 0.672 bits per heavy atom. The standard InChI is InChI=1S/C36H64O3.C20H32O2/c1-2-3-4-5-6-7-8-9-10-11-12-13-17-20-23-26-29-32-35-39-36(38)33-30-27-24-21-18-15-14-16-19-22-25-28-31-34-37;1-2-3-4-5-6-7-8-9-10-11-12-13-14-15-16-17-18-19-20(21)22/h6-7,9-10,12-13,20,23,37H,2-5,8,11,14-19,21-22,24-35H2,1H3;6-7,9-10,12-13,15-16H,2-5,8,11,14,17-19H2,1H3,(H,21,22)/b7-6-,10-9-,13-12-,23-20-;7-6-,10-9-,13-12-,16-15-. The lowest BCUT2D eigenvalue weighted by molar-refractivity contribution is -0.144. The van der Waals surface area contributed by atoms with Crippen molar-refractivity contribution in [3.63, 3.8) is 0 Å². The molecule has 0 aliphatic rings. The van der Waals surface area contributed by atoms with Crippen molar-refractivity contribution in [3.8, 4) is 0 Å². The summed E-state index contributed by atoms with van der Waals surface area (Å²) in [6.45, 7) is 5.38. The Hall–Kier alpha value is -3.18. The second-order valence-electron chi connectivity index (χ2n) is 16.2. The van der Waals surface area contributed by atoms with E-state index < -0.39 is 5.97 Å². The van der Waals surface area contributed by atoms with E-state index in [2.05, 4.69) is 111 Å². The molecule has 0 unspecified atom stereocenters. The zero-order valence-corrected chi connectivity index (χ0v) is 39.8. The number of allylic oxidation sites excluding steroid dienone is 16. The highest BCUT2D eigenvalue weighted by Crippen LogP contribution is 2.13. The number of carboxylic acids is 1. The number of carbonyl (C=O) groups excluding carboxylic acids is 1. The van der Waals surface area contributed by atoms with Gasteiger partial charge in [-0.25, -0.2) is 0 Å². The Morgan fingerprint density at radius 3 is 1.02 bits per heavy atom. The van der Waals surface area contributed by atoms with Gasteiger partial charge in [-0.3, -0.25) is 9.59 Å². The lowest BCUT2D eigenvalue weighted by atomic mass is 10.0. The maximum absolute atomic E-state index is 11.9. The van der Waals surface area contributed by atoms with Crippen molar-refractivity contribution in [2.24, 2.45) is 0 Å². The normalized spacial score (nSPS) is 12.2. The molecule has 0 aromatic carbocycles. The molecule has 0 radical (unpaired) electrons. The first-order valence-corrected chi connectivity index (χ1v) is 25.3. The van der Waals surface area contributed by atoms with Crippen LogP contribution in [-0.2, 0) is 14.3 Å². The first kappa shape index (κ1) is 59.9. The smallest absolute Gasteiger partial charge is 0.305 e. The summed E-state index contributed by atoms with van der Waals surface area (Å²) in [5.41, 5.74) is 0. The van der Waals surface area contributed by atoms with Gasteiger partial charge in [0.2, 0.25) is 0 Å². The van der Waals surface area contributed by atoms with Crippen LogP contribution in [0.3, 0.4) is 0 Å². The van der Waals surface area contributed by atoms with Crippen LogP contribution in [0.25, 0.3) is 0 Å². The van der Waals surface area contributed by atoms with Crippen molar-refractivity contribution in [2.45, 2.75) is 232 Å². The molecule has 5 heteroatoms. The van der Waals surface area contributed by atoms with Crippen molar-refractivity contribution >= 4 is 11.9 Å². The molecule has 0 saturated heterocycles. The number of aliphatic carboxylic acids is 1. The molecule has 0 fully saturated rings. The van der Waals surface area contributed by atoms with Gasteiger partial charge in [0, 0.05) is 19.4 Å². The first-order valence-electron chi connectivity index (χ1n) is 25.3. The number of esters is 1. The zero-order valence-electron chi connectivity index (χ0n) is 39.8.